The molecule has 1 aliphatic carbocycles. The van der Waals surface area contributed by atoms with E-state index in [2.05, 4.69) is 59.0 Å². The maximum atomic E-state index is 13.8. The van der Waals surface area contributed by atoms with Gasteiger partial charge in [-0.05, 0) is 49.6 Å². The first-order chi connectivity index (χ1) is 16.1. The second-order valence-corrected chi connectivity index (χ2v) is 8.94. The Morgan fingerprint density at radius 2 is 1.70 bits per heavy atom. The standard InChI is InChI=1S/C28H34N2O3/c1-21-9-7-10-22(15-21)19-29-14-8-13-25(29)20-30(24-11-5-4-6-12-24)28(31)23-16-26(32-2)18-27(17-23)33-3/h7-10,13-18,24H,4-6,11-12,19-20H2,1-3H3. The number of aryl methyl sites for hydroxylation is 1. The Labute approximate surface area is 196 Å². The quantitative estimate of drug-likeness (QED) is 0.437. The van der Waals surface area contributed by atoms with Crippen molar-refractivity contribution in [2.75, 3.05) is 14.2 Å². The van der Waals surface area contributed by atoms with Crippen molar-refractivity contribution in [3.63, 3.8) is 0 Å². The van der Waals surface area contributed by atoms with Crippen LogP contribution in [0.2, 0.25) is 0 Å². The van der Waals surface area contributed by atoms with Crippen molar-refractivity contribution >= 4 is 5.91 Å². The predicted molar refractivity (Wildman–Crippen MR) is 131 cm³/mol. The summed E-state index contributed by atoms with van der Waals surface area (Å²) in [4.78, 5) is 15.9. The smallest absolute Gasteiger partial charge is 0.254 e. The van der Waals surface area contributed by atoms with Gasteiger partial charge in [0.2, 0.25) is 0 Å². The van der Waals surface area contributed by atoms with Gasteiger partial charge in [0.1, 0.15) is 11.5 Å². The molecule has 1 fully saturated rings. The van der Waals surface area contributed by atoms with E-state index in [4.69, 9.17) is 9.47 Å². The normalized spacial score (nSPS) is 14.2. The number of aromatic nitrogens is 1. The molecule has 3 aromatic rings. The molecule has 0 unspecified atom stereocenters. The van der Waals surface area contributed by atoms with E-state index in [-0.39, 0.29) is 11.9 Å². The van der Waals surface area contributed by atoms with Crippen LogP contribution < -0.4 is 9.47 Å². The van der Waals surface area contributed by atoms with Gasteiger partial charge in [-0.1, -0.05) is 49.1 Å². The average Bonchev–Trinajstić information content (AvgIpc) is 3.28. The van der Waals surface area contributed by atoms with E-state index in [1.807, 2.05) is 12.1 Å². The largest absolute Gasteiger partial charge is 0.497 e. The Morgan fingerprint density at radius 1 is 0.970 bits per heavy atom. The van der Waals surface area contributed by atoms with Crippen LogP contribution in [0.15, 0.2) is 60.8 Å². The maximum Gasteiger partial charge on any atom is 0.254 e. The van der Waals surface area contributed by atoms with Crippen molar-refractivity contribution in [2.45, 2.75) is 58.2 Å². The molecular weight excluding hydrogens is 412 g/mol. The van der Waals surface area contributed by atoms with Crippen LogP contribution in [-0.2, 0) is 13.1 Å². The second kappa shape index (κ2) is 10.6. The second-order valence-electron chi connectivity index (χ2n) is 8.94. The van der Waals surface area contributed by atoms with Gasteiger partial charge in [0.15, 0.2) is 0 Å². The molecule has 0 N–H and O–H groups in total. The number of ether oxygens (including phenoxy) is 2. The monoisotopic (exact) mass is 446 g/mol. The van der Waals surface area contributed by atoms with Gasteiger partial charge in [0, 0.05) is 36.1 Å². The molecule has 33 heavy (non-hydrogen) atoms. The van der Waals surface area contributed by atoms with Gasteiger partial charge in [-0.3, -0.25) is 4.79 Å². The lowest BCUT2D eigenvalue weighted by molar-refractivity contribution is 0.0608. The number of hydrogen-bond donors (Lipinski definition) is 0. The summed E-state index contributed by atoms with van der Waals surface area (Å²) in [5.41, 5.74) is 4.27. The average molecular weight is 447 g/mol. The Kier molecular flexibility index (Phi) is 7.38. The number of rotatable bonds is 8. The molecule has 174 valence electrons. The summed E-state index contributed by atoms with van der Waals surface area (Å²) in [7, 11) is 3.22. The van der Waals surface area contributed by atoms with Crippen molar-refractivity contribution in [3.05, 3.63) is 83.2 Å². The first kappa shape index (κ1) is 23.0. The van der Waals surface area contributed by atoms with E-state index in [9.17, 15) is 4.79 Å². The number of carbonyl (C=O) groups is 1. The molecule has 0 radical (unpaired) electrons. The van der Waals surface area contributed by atoms with E-state index in [1.165, 1.54) is 30.4 Å². The molecule has 1 aliphatic rings. The molecule has 5 heteroatoms. The highest BCUT2D eigenvalue weighted by Crippen LogP contribution is 2.29. The van der Waals surface area contributed by atoms with Crippen molar-refractivity contribution in [1.82, 2.24) is 9.47 Å². The molecule has 0 aliphatic heterocycles. The van der Waals surface area contributed by atoms with Crippen molar-refractivity contribution in [2.24, 2.45) is 0 Å². The van der Waals surface area contributed by atoms with Crippen LogP contribution in [0, 0.1) is 6.92 Å². The Hall–Kier alpha value is -3.21. The van der Waals surface area contributed by atoms with E-state index in [1.54, 1.807) is 20.3 Å². The van der Waals surface area contributed by atoms with Gasteiger partial charge in [0.05, 0.1) is 20.8 Å². The Bertz CT molecular complexity index is 1060. The summed E-state index contributed by atoms with van der Waals surface area (Å²) in [6.07, 6.45) is 7.78. The number of methoxy groups -OCH3 is 2. The number of benzene rings is 2. The summed E-state index contributed by atoms with van der Waals surface area (Å²) in [5, 5.41) is 0. The molecule has 4 rings (SSSR count). The van der Waals surface area contributed by atoms with Gasteiger partial charge < -0.3 is 18.9 Å². The van der Waals surface area contributed by atoms with Crippen molar-refractivity contribution < 1.29 is 14.3 Å². The maximum absolute atomic E-state index is 13.8. The van der Waals surface area contributed by atoms with Gasteiger partial charge in [-0.2, -0.15) is 0 Å². The Morgan fingerprint density at radius 3 is 2.36 bits per heavy atom. The van der Waals surface area contributed by atoms with Crippen LogP contribution in [0.25, 0.3) is 0 Å². The van der Waals surface area contributed by atoms with Gasteiger partial charge in [-0.25, -0.2) is 0 Å². The molecule has 0 bridgehead atoms. The molecule has 5 nitrogen and oxygen atoms in total. The zero-order valence-corrected chi connectivity index (χ0v) is 19.9. The topological polar surface area (TPSA) is 43.7 Å². The minimum absolute atomic E-state index is 0.0300. The van der Waals surface area contributed by atoms with Crippen LogP contribution in [0.1, 0.15) is 59.3 Å². The minimum Gasteiger partial charge on any atom is -0.497 e. The molecule has 1 heterocycles. The summed E-state index contributed by atoms with van der Waals surface area (Å²) < 4.78 is 13.1. The van der Waals surface area contributed by atoms with Crippen molar-refractivity contribution in [1.29, 1.82) is 0 Å². The molecular formula is C28H34N2O3. The van der Waals surface area contributed by atoms with Gasteiger partial charge in [0.25, 0.3) is 5.91 Å². The highest BCUT2D eigenvalue weighted by atomic mass is 16.5. The molecule has 0 saturated heterocycles. The fourth-order valence-electron chi connectivity index (χ4n) is 4.79. The van der Waals surface area contributed by atoms with Crippen LogP contribution in [0.3, 0.4) is 0 Å². The summed E-state index contributed by atoms with van der Waals surface area (Å²) in [6.45, 7) is 3.50. The van der Waals surface area contributed by atoms with E-state index in [0.29, 0.717) is 23.6 Å². The molecule has 1 amide bonds. The number of amides is 1. The number of carbonyl (C=O) groups excluding carboxylic acids is 1. The lowest BCUT2D eigenvalue weighted by Crippen LogP contribution is -2.41. The van der Waals surface area contributed by atoms with Crippen molar-refractivity contribution in [3.8, 4) is 11.5 Å². The summed E-state index contributed by atoms with van der Waals surface area (Å²) >= 11 is 0. The first-order valence-corrected chi connectivity index (χ1v) is 11.8. The Balaban J connectivity index is 1.63. The minimum atomic E-state index is 0.0300. The van der Waals surface area contributed by atoms with Gasteiger partial charge in [-0.15, -0.1) is 0 Å². The number of nitrogens with zero attached hydrogens (tertiary/aromatic N) is 2. The fourth-order valence-corrected chi connectivity index (χ4v) is 4.79. The zero-order chi connectivity index (χ0) is 23.2. The lowest BCUT2D eigenvalue weighted by Gasteiger charge is -2.35. The molecule has 1 saturated carbocycles. The number of hydrogen-bond acceptors (Lipinski definition) is 3. The third kappa shape index (κ3) is 5.59. The fraction of sp³-hybridized carbons (Fsp3) is 0.393. The highest BCUT2D eigenvalue weighted by molar-refractivity contribution is 5.95. The highest BCUT2D eigenvalue weighted by Gasteiger charge is 2.28. The molecule has 0 spiro atoms. The molecule has 2 aromatic carbocycles. The first-order valence-electron chi connectivity index (χ1n) is 11.8. The third-order valence-electron chi connectivity index (χ3n) is 6.57. The van der Waals surface area contributed by atoms with Crippen LogP contribution in [0.5, 0.6) is 11.5 Å². The van der Waals surface area contributed by atoms with E-state index in [0.717, 1.165) is 25.1 Å². The molecule has 0 atom stereocenters. The van der Waals surface area contributed by atoms with E-state index >= 15 is 0 Å². The lowest BCUT2D eigenvalue weighted by atomic mass is 9.93. The zero-order valence-electron chi connectivity index (χ0n) is 19.9. The van der Waals surface area contributed by atoms with Gasteiger partial charge >= 0.3 is 0 Å². The third-order valence-corrected chi connectivity index (χ3v) is 6.57. The van der Waals surface area contributed by atoms with E-state index < -0.39 is 0 Å². The van der Waals surface area contributed by atoms with Crippen LogP contribution in [-0.4, -0.2) is 35.6 Å². The van der Waals surface area contributed by atoms with Crippen LogP contribution >= 0.6 is 0 Å². The SMILES string of the molecule is COc1cc(OC)cc(C(=O)N(Cc2cccn2Cc2cccc(C)c2)C2CCCCC2)c1. The molecule has 1 aromatic heterocycles. The predicted octanol–water partition coefficient (Wildman–Crippen LogP) is 5.84. The summed E-state index contributed by atoms with van der Waals surface area (Å²) in [6, 6.07) is 18.5. The van der Waals surface area contributed by atoms with Crippen LogP contribution in [0.4, 0.5) is 0 Å². The summed E-state index contributed by atoms with van der Waals surface area (Å²) in [5.74, 6) is 1.29.